The second kappa shape index (κ2) is 4.74. The number of carbonyl (C=O) groups excluding carboxylic acids is 1. The number of thioether (sulfide) groups is 1. The van der Waals surface area contributed by atoms with Crippen LogP contribution in [-0.2, 0) is 11.4 Å². The average Bonchev–Trinajstić information content (AvgIpc) is 2.04. The van der Waals surface area contributed by atoms with Gasteiger partial charge in [-0.05, 0) is 12.1 Å². The summed E-state index contributed by atoms with van der Waals surface area (Å²) in [6, 6.07) is 2.84. The van der Waals surface area contributed by atoms with Gasteiger partial charge in [-0.15, -0.1) is 0 Å². The predicted molar refractivity (Wildman–Crippen MR) is 52.6 cm³/mol. The molecular formula is C8H6BrFO2S. The molecule has 2 nitrogen and oxygen atoms in total. The number of aliphatic hydroxyl groups excluding tert-OH is 1. The predicted octanol–water partition coefficient (Wildman–Crippen LogP) is 2.36. The maximum atomic E-state index is 13.1. The van der Waals surface area contributed by atoms with Crippen LogP contribution in [0.15, 0.2) is 21.5 Å². The lowest BCUT2D eigenvalue weighted by Gasteiger charge is -2.05. The molecule has 0 aliphatic rings. The zero-order valence-electron chi connectivity index (χ0n) is 6.46. The number of halogens is 2. The molecule has 0 saturated heterocycles. The van der Waals surface area contributed by atoms with Crippen molar-refractivity contribution in [3.05, 3.63) is 28.0 Å². The van der Waals surface area contributed by atoms with Crippen molar-refractivity contribution in [2.24, 2.45) is 0 Å². The molecule has 0 saturated carbocycles. The molecule has 1 rings (SSSR count). The van der Waals surface area contributed by atoms with E-state index >= 15 is 0 Å². The van der Waals surface area contributed by atoms with Crippen molar-refractivity contribution in [3.8, 4) is 0 Å². The summed E-state index contributed by atoms with van der Waals surface area (Å²) in [5.74, 6) is -0.513. The number of hydrogen-bond acceptors (Lipinski definition) is 3. The minimum Gasteiger partial charge on any atom is -0.392 e. The Bertz CT molecular complexity index is 330. The van der Waals surface area contributed by atoms with E-state index in [0.29, 0.717) is 15.0 Å². The maximum Gasteiger partial charge on any atom is 0.180 e. The van der Waals surface area contributed by atoms with E-state index in [9.17, 15) is 9.18 Å². The van der Waals surface area contributed by atoms with Crippen molar-refractivity contribution in [2.45, 2.75) is 11.5 Å². The van der Waals surface area contributed by atoms with Crippen molar-refractivity contribution in [3.63, 3.8) is 0 Å². The Morgan fingerprint density at radius 3 is 2.85 bits per heavy atom. The SMILES string of the molecule is O=CSc1cc(Br)cc(F)c1CO. The van der Waals surface area contributed by atoms with Gasteiger partial charge in [-0.3, -0.25) is 4.79 Å². The first-order chi connectivity index (χ1) is 6.19. The zero-order chi connectivity index (χ0) is 9.84. The fraction of sp³-hybridized carbons (Fsp3) is 0.125. The monoisotopic (exact) mass is 264 g/mol. The number of benzene rings is 1. The largest absolute Gasteiger partial charge is 0.392 e. The smallest absolute Gasteiger partial charge is 0.180 e. The molecule has 0 bridgehead atoms. The van der Waals surface area contributed by atoms with Gasteiger partial charge in [-0.25, -0.2) is 4.39 Å². The van der Waals surface area contributed by atoms with E-state index in [2.05, 4.69) is 15.9 Å². The summed E-state index contributed by atoms with van der Waals surface area (Å²) >= 11 is 3.94. The third-order valence-corrected chi connectivity index (χ3v) is 2.62. The normalized spacial score (nSPS) is 10.1. The molecule has 0 spiro atoms. The van der Waals surface area contributed by atoms with Crippen LogP contribution in [0.5, 0.6) is 0 Å². The summed E-state index contributed by atoms with van der Waals surface area (Å²) < 4.78 is 13.7. The van der Waals surface area contributed by atoms with Gasteiger partial charge in [0, 0.05) is 14.9 Å². The molecule has 13 heavy (non-hydrogen) atoms. The summed E-state index contributed by atoms with van der Waals surface area (Å²) in [6.07, 6.45) is 0. The van der Waals surface area contributed by atoms with Crippen LogP contribution in [0.1, 0.15) is 5.56 Å². The lowest BCUT2D eigenvalue weighted by Crippen LogP contribution is -1.93. The minimum atomic E-state index is -0.513. The lowest BCUT2D eigenvalue weighted by molar-refractivity contribution is 0.272. The fourth-order valence-corrected chi connectivity index (χ4v) is 2.07. The van der Waals surface area contributed by atoms with E-state index in [-0.39, 0.29) is 5.56 Å². The molecule has 1 aromatic carbocycles. The molecule has 1 aromatic rings. The van der Waals surface area contributed by atoms with Gasteiger partial charge in [0.15, 0.2) is 5.62 Å². The lowest BCUT2D eigenvalue weighted by atomic mass is 10.2. The summed E-state index contributed by atoms with van der Waals surface area (Å²) in [4.78, 5) is 10.6. The van der Waals surface area contributed by atoms with Crippen molar-refractivity contribution in [1.82, 2.24) is 0 Å². The highest BCUT2D eigenvalue weighted by Gasteiger charge is 2.09. The Morgan fingerprint density at radius 2 is 2.31 bits per heavy atom. The van der Waals surface area contributed by atoms with Crippen molar-refractivity contribution in [2.75, 3.05) is 0 Å². The van der Waals surface area contributed by atoms with Gasteiger partial charge in [0.1, 0.15) is 5.82 Å². The van der Waals surface area contributed by atoms with E-state index in [1.54, 1.807) is 6.07 Å². The highest BCUT2D eigenvalue weighted by atomic mass is 79.9. The highest BCUT2D eigenvalue weighted by molar-refractivity contribution is 9.10. The first-order valence-electron chi connectivity index (χ1n) is 3.38. The van der Waals surface area contributed by atoms with Gasteiger partial charge >= 0.3 is 0 Å². The third-order valence-electron chi connectivity index (χ3n) is 1.45. The van der Waals surface area contributed by atoms with E-state index < -0.39 is 12.4 Å². The molecule has 1 N–H and O–H groups in total. The quantitative estimate of drug-likeness (QED) is 0.673. The van der Waals surface area contributed by atoms with Gasteiger partial charge in [0.25, 0.3) is 0 Å². The first-order valence-corrected chi connectivity index (χ1v) is 5.05. The van der Waals surface area contributed by atoms with Gasteiger partial charge in [-0.2, -0.15) is 0 Å². The van der Waals surface area contributed by atoms with E-state index in [0.717, 1.165) is 11.8 Å². The molecule has 70 valence electrons. The second-order valence-corrected chi connectivity index (χ2v) is 4.02. The summed E-state index contributed by atoms with van der Waals surface area (Å²) in [5.41, 5.74) is 0.751. The van der Waals surface area contributed by atoms with Crippen LogP contribution in [0.3, 0.4) is 0 Å². The minimum absolute atomic E-state index is 0.153. The topological polar surface area (TPSA) is 37.3 Å². The summed E-state index contributed by atoms with van der Waals surface area (Å²) in [5, 5.41) is 8.83. The molecule has 0 fully saturated rings. The van der Waals surface area contributed by atoms with E-state index in [1.165, 1.54) is 6.07 Å². The van der Waals surface area contributed by atoms with Crippen LogP contribution >= 0.6 is 27.7 Å². The Hall–Kier alpha value is -0.390. The molecule has 0 amide bonds. The summed E-state index contributed by atoms with van der Waals surface area (Å²) in [6.45, 7) is -0.407. The fourth-order valence-electron chi connectivity index (χ4n) is 0.890. The van der Waals surface area contributed by atoms with Gasteiger partial charge in [0.05, 0.1) is 6.61 Å². The van der Waals surface area contributed by atoms with Crippen molar-refractivity contribution >= 4 is 33.3 Å². The Kier molecular flexibility index (Phi) is 3.90. The third kappa shape index (κ3) is 2.52. The number of rotatable bonds is 3. The molecule has 0 aliphatic heterocycles. The van der Waals surface area contributed by atoms with E-state index in [1.807, 2.05) is 0 Å². The first kappa shape index (κ1) is 10.7. The molecule has 0 heterocycles. The molecule has 0 radical (unpaired) electrons. The van der Waals surface area contributed by atoms with Gasteiger partial charge in [-0.1, -0.05) is 27.7 Å². The van der Waals surface area contributed by atoms with Crippen LogP contribution in [0.25, 0.3) is 0 Å². The van der Waals surface area contributed by atoms with E-state index in [4.69, 9.17) is 5.11 Å². The molecular weight excluding hydrogens is 259 g/mol. The van der Waals surface area contributed by atoms with Crippen LogP contribution in [-0.4, -0.2) is 10.7 Å². The standard InChI is InChI=1S/C8H6BrFO2S/c9-5-1-7(10)6(3-11)8(2-5)13-4-12/h1-2,4,11H,3H2. The molecule has 0 unspecified atom stereocenters. The molecule has 5 heteroatoms. The van der Waals surface area contributed by atoms with Crippen LogP contribution in [0.4, 0.5) is 4.39 Å². The maximum absolute atomic E-state index is 13.1. The highest BCUT2D eigenvalue weighted by Crippen LogP contribution is 2.27. The van der Waals surface area contributed by atoms with Crippen LogP contribution < -0.4 is 0 Å². The Morgan fingerprint density at radius 1 is 1.62 bits per heavy atom. The van der Waals surface area contributed by atoms with Crippen LogP contribution in [0, 0.1) is 5.82 Å². The number of carbonyl (C=O) groups is 1. The Labute approximate surface area is 87.3 Å². The number of aliphatic hydroxyl groups is 1. The van der Waals surface area contributed by atoms with Crippen molar-refractivity contribution < 1.29 is 14.3 Å². The van der Waals surface area contributed by atoms with Gasteiger partial charge < -0.3 is 5.11 Å². The summed E-state index contributed by atoms with van der Waals surface area (Å²) in [7, 11) is 0. The molecule has 0 aliphatic carbocycles. The Balaban J connectivity index is 3.20. The number of hydrogen-bond donors (Lipinski definition) is 1. The average molecular weight is 265 g/mol. The van der Waals surface area contributed by atoms with Crippen LogP contribution in [0.2, 0.25) is 0 Å². The molecule has 0 atom stereocenters. The van der Waals surface area contributed by atoms with Crippen molar-refractivity contribution in [1.29, 1.82) is 0 Å². The van der Waals surface area contributed by atoms with Gasteiger partial charge in [0.2, 0.25) is 0 Å². The zero-order valence-corrected chi connectivity index (χ0v) is 8.86. The second-order valence-electron chi connectivity index (χ2n) is 2.24. The molecule has 0 aromatic heterocycles.